The molecule has 2 aliphatic heterocycles. The minimum atomic E-state index is -0.0957. The highest BCUT2D eigenvalue weighted by molar-refractivity contribution is 14.1. The fourth-order valence-electron chi connectivity index (χ4n) is 4.83. The molecule has 0 amide bonds. The lowest BCUT2D eigenvalue weighted by Gasteiger charge is -2.24. The average molecular weight is 1150 g/mol. The first-order valence-corrected chi connectivity index (χ1v) is 17.7. The minimum absolute atomic E-state index is 0.0345. The zero-order valence-corrected chi connectivity index (χ0v) is 33.3. The van der Waals surface area contributed by atoms with Crippen LogP contribution in [0.15, 0.2) is 65.4 Å². The minimum Gasteiger partial charge on any atom is -0.347 e. The van der Waals surface area contributed by atoms with E-state index in [-0.39, 0.29) is 10.8 Å². The molecular formula is C28H24I6N2. The molecule has 2 aromatic carbocycles. The second-order valence-electron chi connectivity index (χ2n) is 9.75. The van der Waals surface area contributed by atoms with Gasteiger partial charge in [-0.05, 0) is 160 Å². The first-order valence-electron chi connectivity index (χ1n) is 11.2. The quantitative estimate of drug-likeness (QED) is 0.169. The maximum absolute atomic E-state index is 4.97. The van der Waals surface area contributed by atoms with E-state index in [2.05, 4.69) is 230 Å². The van der Waals surface area contributed by atoms with Gasteiger partial charge in [0, 0.05) is 61.8 Å². The van der Waals surface area contributed by atoms with E-state index in [0.717, 1.165) is 11.4 Å². The SMILES string of the molecule is CN1/C(=C/C=C/C=C/C=C/C2=Nc3cc(I)c(I)c(I)c3C2(C)C)C(C)(C)c2c1cc(I)c(I)c2I. The Hall–Kier alpha value is 1.25. The van der Waals surface area contributed by atoms with Gasteiger partial charge >= 0.3 is 0 Å². The molecule has 0 saturated heterocycles. The van der Waals surface area contributed by atoms with Gasteiger partial charge in [-0.15, -0.1) is 0 Å². The van der Waals surface area contributed by atoms with E-state index in [4.69, 9.17) is 4.99 Å². The van der Waals surface area contributed by atoms with Crippen molar-refractivity contribution in [3.8, 4) is 0 Å². The van der Waals surface area contributed by atoms with Crippen molar-refractivity contribution >= 4 is 153 Å². The number of likely N-dealkylation sites (N-methyl/N-ethyl adjacent to an activating group) is 1. The van der Waals surface area contributed by atoms with E-state index >= 15 is 0 Å². The first kappa shape index (κ1) is 30.2. The zero-order valence-electron chi connectivity index (χ0n) is 20.4. The van der Waals surface area contributed by atoms with Gasteiger partial charge in [0.05, 0.1) is 11.4 Å². The van der Waals surface area contributed by atoms with Crippen molar-refractivity contribution in [3.63, 3.8) is 0 Å². The highest BCUT2D eigenvalue weighted by Crippen LogP contribution is 2.50. The molecule has 0 unspecified atom stereocenters. The molecule has 0 bridgehead atoms. The Kier molecular flexibility index (Phi) is 9.76. The number of rotatable bonds is 4. The van der Waals surface area contributed by atoms with Gasteiger partial charge < -0.3 is 4.90 Å². The molecule has 4 rings (SSSR count). The number of anilines is 1. The van der Waals surface area contributed by atoms with Crippen LogP contribution in [0.2, 0.25) is 0 Å². The summed E-state index contributed by atoms with van der Waals surface area (Å²) in [6, 6.07) is 4.52. The lowest BCUT2D eigenvalue weighted by molar-refractivity contribution is 0.636. The van der Waals surface area contributed by atoms with Crippen LogP contribution in [0.5, 0.6) is 0 Å². The maximum atomic E-state index is 4.97. The number of nitrogens with zero attached hydrogens (tertiary/aromatic N) is 2. The molecule has 2 heterocycles. The van der Waals surface area contributed by atoms with Crippen molar-refractivity contribution in [2.75, 3.05) is 11.9 Å². The monoisotopic (exact) mass is 1150 g/mol. The fraction of sp³-hybridized carbons (Fsp3) is 0.250. The van der Waals surface area contributed by atoms with E-state index in [9.17, 15) is 0 Å². The van der Waals surface area contributed by atoms with Crippen molar-refractivity contribution in [2.45, 2.75) is 38.5 Å². The standard InChI is InChI=1S/C28H24I6N2/c1-27(2)19(35-17-13-15(29)23(31)25(33)21(17)27)11-9-7-6-8-10-12-20-28(3,4)22-18(36(20)5)14-16(30)24(32)26(22)34/h6-14H,1-5H3/b7-6+,10-8+,11-9+,20-12+. The molecule has 0 spiro atoms. The van der Waals surface area contributed by atoms with Crippen LogP contribution in [0, 0.1) is 21.4 Å². The van der Waals surface area contributed by atoms with Crippen LogP contribution >= 0.6 is 136 Å². The van der Waals surface area contributed by atoms with Gasteiger partial charge in [0.15, 0.2) is 0 Å². The second-order valence-corrected chi connectivity index (χ2v) is 16.4. The Balaban J connectivity index is 1.50. The summed E-state index contributed by atoms with van der Waals surface area (Å²) in [7, 11) is 2.18. The Morgan fingerprint density at radius 2 is 1.25 bits per heavy atom. The van der Waals surface area contributed by atoms with Crippen LogP contribution in [0.4, 0.5) is 11.4 Å². The molecule has 0 fully saturated rings. The third-order valence-electron chi connectivity index (χ3n) is 6.73. The molecule has 188 valence electrons. The van der Waals surface area contributed by atoms with Gasteiger partial charge in [0.2, 0.25) is 0 Å². The van der Waals surface area contributed by atoms with E-state index in [1.165, 1.54) is 43.9 Å². The van der Waals surface area contributed by atoms with Crippen molar-refractivity contribution in [3.05, 3.63) is 92.9 Å². The normalized spacial score (nSPS) is 19.2. The van der Waals surface area contributed by atoms with Gasteiger partial charge in [0.1, 0.15) is 0 Å². The van der Waals surface area contributed by atoms with E-state index in [1.807, 2.05) is 0 Å². The van der Waals surface area contributed by atoms with Crippen molar-refractivity contribution in [2.24, 2.45) is 4.99 Å². The number of halogens is 6. The first-order chi connectivity index (χ1) is 16.8. The van der Waals surface area contributed by atoms with Crippen LogP contribution in [0.25, 0.3) is 0 Å². The predicted octanol–water partition coefficient (Wildman–Crippen LogP) is 10.7. The van der Waals surface area contributed by atoms with Crippen LogP contribution in [0.1, 0.15) is 38.8 Å². The molecule has 36 heavy (non-hydrogen) atoms. The number of aliphatic imine (C=N–C) groups is 1. The summed E-state index contributed by atoms with van der Waals surface area (Å²) in [6.45, 7) is 9.18. The zero-order chi connectivity index (χ0) is 26.6. The maximum Gasteiger partial charge on any atom is 0.0696 e. The highest BCUT2D eigenvalue weighted by atomic mass is 127. The van der Waals surface area contributed by atoms with Gasteiger partial charge in [-0.1, -0.05) is 58.1 Å². The topological polar surface area (TPSA) is 15.6 Å². The molecule has 0 atom stereocenters. The van der Waals surface area contributed by atoms with Crippen LogP contribution in [-0.4, -0.2) is 12.8 Å². The second kappa shape index (κ2) is 11.6. The van der Waals surface area contributed by atoms with E-state index in [1.54, 1.807) is 0 Å². The number of fused-ring (bicyclic) bond motifs is 2. The van der Waals surface area contributed by atoms with E-state index in [0.29, 0.717) is 0 Å². The molecule has 8 heteroatoms. The molecule has 0 aliphatic carbocycles. The number of benzene rings is 2. The summed E-state index contributed by atoms with van der Waals surface area (Å²) >= 11 is 14.7. The molecule has 2 aliphatic rings. The summed E-state index contributed by atoms with van der Waals surface area (Å²) in [5.41, 5.74) is 7.47. The third kappa shape index (κ3) is 5.43. The largest absolute Gasteiger partial charge is 0.347 e. The number of hydrogen-bond donors (Lipinski definition) is 0. The lowest BCUT2D eigenvalue weighted by atomic mass is 9.81. The molecule has 2 nitrogen and oxygen atoms in total. The number of allylic oxidation sites excluding steroid dienone is 8. The third-order valence-corrected chi connectivity index (χ3v) is 17.0. The van der Waals surface area contributed by atoms with Gasteiger partial charge in [0.25, 0.3) is 0 Å². The molecule has 2 aromatic rings. The average Bonchev–Trinajstić information content (AvgIpc) is 3.15. The Morgan fingerprint density at radius 3 is 1.92 bits per heavy atom. The van der Waals surface area contributed by atoms with Crippen LogP contribution in [0.3, 0.4) is 0 Å². The van der Waals surface area contributed by atoms with Crippen molar-refractivity contribution in [1.29, 1.82) is 0 Å². The van der Waals surface area contributed by atoms with Gasteiger partial charge in [-0.25, -0.2) is 0 Å². The molecule has 0 radical (unpaired) electrons. The predicted molar refractivity (Wildman–Crippen MR) is 206 cm³/mol. The Labute approximate surface area is 296 Å². The van der Waals surface area contributed by atoms with Crippen LogP contribution in [-0.2, 0) is 10.8 Å². The molecular weight excluding hydrogens is 1130 g/mol. The van der Waals surface area contributed by atoms with Gasteiger partial charge in [-0.3, -0.25) is 4.99 Å². The smallest absolute Gasteiger partial charge is 0.0696 e. The molecule has 0 aromatic heterocycles. The summed E-state index contributed by atoms with van der Waals surface area (Å²) in [6.07, 6.45) is 14.9. The van der Waals surface area contributed by atoms with Gasteiger partial charge in [-0.2, -0.15) is 0 Å². The summed E-state index contributed by atoms with van der Waals surface area (Å²) in [4.78, 5) is 7.30. The molecule has 0 N–H and O–H groups in total. The van der Waals surface area contributed by atoms with Crippen molar-refractivity contribution < 1.29 is 0 Å². The highest BCUT2D eigenvalue weighted by Gasteiger charge is 2.41. The number of hydrogen-bond acceptors (Lipinski definition) is 2. The summed E-state index contributed by atoms with van der Waals surface area (Å²) in [5, 5.41) is 0. The molecule has 0 saturated carbocycles. The van der Waals surface area contributed by atoms with Crippen LogP contribution < -0.4 is 4.90 Å². The Bertz CT molecular complexity index is 1410. The Morgan fingerprint density at radius 1 is 0.694 bits per heavy atom. The fourth-order valence-corrected chi connectivity index (χ4v) is 10.3. The summed E-state index contributed by atoms with van der Waals surface area (Å²) < 4.78 is 7.92. The van der Waals surface area contributed by atoms with Crippen molar-refractivity contribution in [1.82, 2.24) is 0 Å². The summed E-state index contributed by atoms with van der Waals surface area (Å²) in [5.74, 6) is 0. The van der Waals surface area contributed by atoms with E-state index < -0.39 is 0 Å². The lowest BCUT2D eigenvalue weighted by Crippen LogP contribution is -2.25.